The van der Waals surface area contributed by atoms with Gasteiger partial charge in [-0.15, -0.1) is 0 Å². The van der Waals surface area contributed by atoms with E-state index in [-0.39, 0.29) is 5.56 Å². The number of aromatic nitrogens is 2. The van der Waals surface area contributed by atoms with Gasteiger partial charge in [-0.3, -0.25) is 9.36 Å². The highest BCUT2D eigenvalue weighted by molar-refractivity contribution is 7.98. The van der Waals surface area contributed by atoms with Gasteiger partial charge in [0.05, 0.1) is 16.6 Å². The first-order valence-corrected chi connectivity index (χ1v) is 10.0. The van der Waals surface area contributed by atoms with Gasteiger partial charge < -0.3 is 0 Å². The molecule has 0 atom stereocenters. The zero-order chi connectivity index (χ0) is 18.8. The van der Waals surface area contributed by atoms with Crippen LogP contribution in [0.5, 0.6) is 0 Å². The van der Waals surface area contributed by atoms with E-state index in [2.05, 4.69) is 0 Å². The molecule has 4 aromatic rings. The molecular formula is C21H14Cl2N2OS. The van der Waals surface area contributed by atoms with Crippen molar-refractivity contribution in [1.82, 2.24) is 9.55 Å². The largest absolute Gasteiger partial charge is 0.268 e. The monoisotopic (exact) mass is 412 g/mol. The zero-order valence-electron chi connectivity index (χ0n) is 14.1. The van der Waals surface area contributed by atoms with Crippen LogP contribution in [0.1, 0.15) is 5.56 Å². The van der Waals surface area contributed by atoms with E-state index >= 15 is 0 Å². The molecule has 0 aliphatic rings. The normalized spacial score (nSPS) is 11.0. The van der Waals surface area contributed by atoms with E-state index < -0.39 is 0 Å². The Morgan fingerprint density at radius 1 is 0.926 bits per heavy atom. The predicted octanol–water partition coefficient (Wildman–Crippen LogP) is 5.98. The molecule has 0 saturated heterocycles. The van der Waals surface area contributed by atoms with Crippen LogP contribution in [0.25, 0.3) is 16.6 Å². The van der Waals surface area contributed by atoms with Gasteiger partial charge >= 0.3 is 0 Å². The summed E-state index contributed by atoms with van der Waals surface area (Å²) < 4.78 is 1.64. The van der Waals surface area contributed by atoms with Crippen molar-refractivity contribution < 1.29 is 0 Å². The minimum absolute atomic E-state index is 0.0912. The number of halogens is 2. The number of hydrogen-bond donors (Lipinski definition) is 0. The Balaban J connectivity index is 1.83. The minimum atomic E-state index is -0.0912. The standard InChI is InChI=1S/C21H14Cl2N2OS/c22-15-10-11-18(23)14(12-15)13-27-21-24-19-9-5-4-8-17(19)20(26)25(21)16-6-2-1-3-7-16/h1-12H,13H2. The fourth-order valence-corrected chi connectivity index (χ4v) is 4.27. The zero-order valence-corrected chi connectivity index (χ0v) is 16.4. The topological polar surface area (TPSA) is 34.9 Å². The maximum atomic E-state index is 13.1. The van der Waals surface area contributed by atoms with Crippen molar-refractivity contribution in [3.8, 4) is 5.69 Å². The van der Waals surface area contributed by atoms with Crippen LogP contribution in [-0.4, -0.2) is 9.55 Å². The molecule has 0 saturated carbocycles. The van der Waals surface area contributed by atoms with Crippen LogP contribution in [-0.2, 0) is 5.75 Å². The minimum Gasteiger partial charge on any atom is -0.268 e. The summed E-state index contributed by atoms with van der Waals surface area (Å²) in [6.07, 6.45) is 0. The lowest BCUT2D eigenvalue weighted by molar-refractivity contribution is 0.819. The average Bonchev–Trinajstić information content (AvgIpc) is 2.69. The summed E-state index contributed by atoms with van der Waals surface area (Å²) in [6, 6.07) is 22.3. The van der Waals surface area contributed by atoms with Crippen LogP contribution in [0.4, 0.5) is 0 Å². The SMILES string of the molecule is O=c1c2ccccc2nc(SCc2cc(Cl)ccc2Cl)n1-c1ccccc1. The molecule has 1 heterocycles. The Kier molecular flexibility index (Phi) is 5.21. The third-order valence-corrected chi connectivity index (χ3v) is 5.72. The second kappa shape index (κ2) is 7.77. The van der Waals surface area contributed by atoms with Gasteiger partial charge in [0.15, 0.2) is 5.16 Å². The Labute approximate surface area is 170 Å². The molecule has 0 unspecified atom stereocenters. The summed E-state index contributed by atoms with van der Waals surface area (Å²) in [4.78, 5) is 17.9. The van der Waals surface area contributed by atoms with Crippen LogP contribution >= 0.6 is 35.0 Å². The van der Waals surface area contributed by atoms with E-state index in [9.17, 15) is 4.79 Å². The van der Waals surface area contributed by atoms with Gasteiger partial charge in [0.1, 0.15) is 0 Å². The van der Waals surface area contributed by atoms with Gasteiger partial charge in [-0.1, -0.05) is 65.3 Å². The lowest BCUT2D eigenvalue weighted by Crippen LogP contribution is -2.21. The molecule has 4 rings (SSSR count). The molecule has 6 heteroatoms. The van der Waals surface area contributed by atoms with Crippen LogP contribution in [0.2, 0.25) is 10.0 Å². The van der Waals surface area contributed by atoms with Crippen LogP contribution in [0.3, 0.4) is 0 Å². The molecular weight excluding hydrogens is 399 g/mol. The fraction of sp³-hybridized carbons (Fsp3) is 0.0476. The summed E-state index contributed by atoms with van der Waals surface area (Å²) in [7, 11) is 0. The number of nitrogens with zero attached hydrogens (tertiary/aromatic N) is 2. The van der Waals surface area contributed by atoms with E-state index in [1.54, 1.807) is 22.8 Å². The molecule has 3 nitrogen and oxygen atoms in total. The molecule has 0 aliphatic heterocycles. The Morgan fingerprint density at radius 2 is 1.67 bits per heavy atom. The third-order valence-electron chi connectivity index (χ3n) is 4.12. The molecule has 0 aliphatic carbocycles. The van der Waals surface area contributed by atoms with Crippen molar-refractivity contribution in [3.05, 3.63) is 98.8 Å². The van der Waals surface area contributed by atoms with Gasteiger partial charge in [-0.05, 0) is 48.0 Å². The summed E-state index contributed by atoms with van der Waals surface area (Å²) in [5.41, 5.74) is 2.26. The van der Waals surface area contributed by atoms with Crippen molar-refractivity contribution in [2.75, 3.05) is 0 Å². The number of thioether (sulfide) groups is 1. The quantitative estimate of drug-likeness (QED) is 0.305. The second-order valence-corrected chi connectivity index (χ2v) is 7.70. The van der Waals surface area contributed by atoms with Crippen LogP contribution in [0, 0.1) is 0 Å². The molecule has 1 aromatic heterocycles. The summed E-state index contributed by atoms with van der Waals surface area (Å²) in [5.74, 6) is 0.553. The first kappa shape index (κ1) is 18.1. The molecule has 3 aromatic carbocycles. The number of benzene rings is 3. The van der Waals surface area contributed by atoms with E-state index in [4.69, 9.17) is 28.2 Å². The fourth-order valence-electron chi connectivity index (χ4n) is 2.81. The highest BCUT2D eigenvalue weighted by Gasteiger charge is 2.14. The molecule has 0 radical (unpaired) electrons. The van der Waals surface area contributed by atoms with Gasteiger partial charge in [0, 0.05) is 15.8 Å². The van der Waals surface area contributed by atoms with Gasteiger partial charge in [0.2, 0.25) is 0 Å². The number of para-hydroxylation sites is 2. The van der Waals surface area contributed by atoms with E-state index in [0.29, 0.717) is 31.9 Å². The molecule has 0 bridgehead atoms. The molecule has 27 heavy (non-hydrogen) atoms. The maximum Gasteiger partial charge on any atom is 0.266 e. The molecule has 0 spiro atoms. The first-order chi connectivity index (χ1) is 13.1. The summed E-state index contributed by atoms with van der Waals surface area (Å²) in [6.45, 7) is 0. The Morgan fingerprint density at radius 3 is 2.48 bits per heavy atom. The highest BCUT2D eigenvalue weighted by atomic mass is 35.5. The smallest absolute Gasteiger partial charge is 0.266 e. The number of fused-ring (bicyclic) bond motifs is 1. The second-order valence-electron chi connectivity index (χ2n) is 5.91. The van der Waals surface area contributed by atoms with Gasteiger partial charge in [-0.25, -0.2) is 4.98 Å². The lowest BCUT2D eigenvalue weighted by atomic mass is 10.2. The number of hydrogen-bond acceptors (Lipinski definition) is 3. The van der Waals surface area contributed by atoms with E-state index in [1.165, 1.54) is 11.8 Å². The first-order valence-electron chi connectivity index (χ1n) is 8.27. The molecule has 134 valence electrons. The van der Waals surface area contributed by atoms with Crippen molar-refractivity contribution >= 4 is 45.9 Å². The Bertz CT molecular complexity index is 1180. The predicted molar refractivity (Wildman–Crippen MR) is 113 cm³/mol. The average molecular weight is 413 g/mol. The van der Waals surface area contributed by atoms with Gasteiger partial charge in [0.25, 0.3) is 5.56 Å². The van der Waals surface area contributed by atoms with E-state index in [1.807, 2.05) is 54.6 Å². The van der Waals surface area contributed by atoms with Crippen molar-refractivity contribution in [1.29, 1.82) is 0 Å². The lowest BCUT2D eigenvalue weighted by Gasteiger charge is -2.13. The van der Waals surface area contributed by atoms with Crippen LogP contribution < -0.4 is 5.56 Å². The Hall–Kier alpha value is -2.27. The van der Waals surface area contributed by atoms with Crippen molar-refractivity contribution in [2.24, 2.45) is 0 Å². The summed E-state index contributed by atoms with van der Waals surface area (Å²) >= 11 is 13.8. The molecule has 0 amide bonds. The van der Waals surface area contributed by atoms with Crippen molar-refractivity contribution in [3.63, 3.8) is 0 Å². The molecule has 0 N–H and O–H groups in total. The maximum absolute atomic E-state index is 13.1. The highest BCUT2D eigenvalue weighted by Crippen LogP contribution is 2.29. The van der Waals surface area contributed by atoms with Crippen LogP contribution in [0.15, 0.2) is 82.7 Å². The summed E-state index contributed by atoms with van der Waals surface area (Å²) in [5, 5.41) is 2.47. The van der Waals surface area contributed by atoms with Gasteiger partial charge in [-0.2, -0.15) is 0 Å². The third kappa shape index (κ3) is 3.74. The number of rotatable bonds is 4. The van der Waals surface area contributed by atoms with E-state index in [0.717, 1.165) is 11.3 Å². The van der Waals surface area contributed by atoms with Crippen molar-refractivity contribution in [2.45, 2.75) is 10.9 Å². The molecule has 0 fully saturated rings.